The fourth-order valence-corrected chi connectivity index (χ4v) is 2.93. The summed E-state index contributed by atoms with van der Waals surface area (Å²) in [5, 5.41) is 13.6. The highest BCUT2D eigenvalue weighted by Crippen LogP contribution is 2.24. The number of aryl methyl sites for hydroxylation is 1. The molecule has 2 aromatic carbocycles. The lowest BCUT2D eigenvalue weighted by atomic mass is 10.1. The van der Waals surface area contributed by atoms with Crippen LogP contribution >= 0.6 is 0 Å². The van der Waals surface area contributed by atoms with Crippen molar-refractivity contribution in [1.82, 2.24) is 14.6 Å². The average Bonchev–Trinajstić information content (AvgIpc) is 3.04. The second kappa shape index (κ2) is 6.80. The summed E-state index contributed by atoms with van der Waals surface area (Å²) in [4.78, 5) is 12.2. The van der Waals surface area contributed by atoms with Crippen LogP contribution in [0.25, 0.3) is 16.9 Å². The predicted molar refractivity (Wildman–Crippen MR) is 107 cm³/mol. The normalized spacial score (nSPS) is 10.7. The number of carbonyl (C=O) groups excluding carboxylic acids is 1. The van der Waals surface area contributed by atoms with Gasteiger partial charge in [-0.2, -0.15) is 0 Å². The van der Waals surface area contributed by atoms with Gasteiger partial charge in [-0.15, -0.1) is 10.2 Å². The topological polar surface area (TPSA) is 97.3 Å². The lowest BCUT2D eigenvalue weighted by Crippen LogP contribution is -2.19. The van der Waals surface area contributed by atoms with E-state index in [0.29, 0.717) is 17.3 Å². The molecule has 0 aliphatic carbocycles. The smallest absolute Gasteiger partial charge is 0.323 e. The summed E-state index contributed by atoms with van der Waals surface area (Å²) in [6, 6.07) is 20.5. The summed E-state index contributed by atoms with van der Waals surface area (Å²) in [7, 11) is 0. The standard InChI is InChI=1S/C20H18N6O/c1-13-4-2-5-16(12-13)23-20(27)22-15-10-8-14(9-11-15)17-6-3-7-18-24-25-19(21)26(17)18/h2-12H,1H3,(H2,21,25)(H2,22,23,27). The van der Waals surface area contributed by atoms with Crippen LogP contribution in [-0.2, 0) is 0 Å². The Morgan fingerprint density at radius 2 is 1.67 bits per heavy atom. The summed E-state index contributed by atoms with van der Waals surface area (Å²) in [5.41, 5.74) is 10.9. The minimum absolute atomic E-state index is 0.293. The number of urea groups is 1. The number of nitrogens with one attached hydrogen (secondary N) is 2. The van der Waals surface area contributed by atoms with Crippen molar-refractivity contribution < 1.29 is 4.79 Å². The number of benzene rings is 2. The molecular formula is C20H18N6O. The van der Waals surface area contributed by atoms with E-state index in [2.05, 4.69) is 20.8 Å². The molecule has 4 aromatic rings. The number of rotatable bonds is 3. The van der Waals surface area contributed by atoms with Crippen LogP contribution in [0.4, 0.5) is 22.1 Å². The molecule has 2 heterocycles. The highest BCUT2D eigenvalue weighted by molar-refractivity contribution is 5.99. The van der Waals surface area contributed by atoms with Crippen LogP contribution in [-0.4, -0.2) is 20.6 Å². The van der Waals surface area contributed by atoms with E-state index < -0.39 is 0 Å². The van der Waals surface area contributed by atoms with Crippen molar-refractivity contribution in [2.75, 3.05) is 16.4 Å². The van der Waals surface area contributed by atoms with Crippen LogP contribution in [0.3, 0.4) is 0 Å². The number of amides is 2. The van der Waals surface area contributed by atoms with E-state index in [9.17, 15) is 4.79 Å². The van der Waals surface area contributed by atoms with Crippen molar-refractivity contribution in [3.63, 3.8) is 0 Å². The molecule has 0 saturated carbocycles. The van der Waals surface area contributed by atoms with Gasteiger partial charge in [-0.3, -0.25) is 4.40 Å². The molecule has 0 saturated heterocycles. The number of hydrogen-bond acceptors (Lipinski definition) is 4. The first kappa shape index (κ1) is 16.6. The third kappa shape index (κ3) is 3.43. The van der Waals surface area contributed by atoms with Crippen molar-refractivity contribution >= 4 is 29.0 Å². The van der Waals surface area contributed by atoms with Crippen molar-refractivity contribution in [3.8, 4) is 11.3 Å². The van der Waals surface area contributed by atoms with Gasteiger partial charge in [0, 0.05) is 11.4 Å². The number of anilines is 3. The van der Waals surface area contributed by atoms with Gasteiger partial charge in [0.05, 0.1) is 5.69 Å². The van der Waals surface area contributed by atoms with Crippen LogP contribution in [0, 0.1) is 6.92 Å². The first-order chi connectivity index (χ1) is 13.1. The molecular weight excluding hydrogens is 340 g/mol. The Morgan fingerprint density at radius 1 is 0.926 bits per heavy atom. The Labute approximate surface area is 155 Å². The number of nitrogens with zero attached hydrogens (tertiary/aromatic N) is 3. The second-order valence-electron chi connectivity index (χ2n) is 6.19. The number of nitrogen functional groups attached to an aromatic ring is 1. The molecule has 2 amide bonds. The van der Waals surface area contributed by atoms with Crippen molar-refractivity contribution in [3.05, 3.63) is 72.3 Å². The average molecular weight is 358 g/mol. The highest BCUT2D eigenvalue weighted by Gasteiger charge is 2.09. The Kier molecular flexibility index (Phi) is 4.18. The number of pyridine rings is 1. The summed E-state index contributed by atoms with van der Waals surface area (Å²) in [6.07, 6.45) is 0. The van der Waals surface area contributed by atoms with Crippen molar-refractivity contribution in [1.29, 1.82) is 0 Å². The monoisotopic (exact) mass is 358 g/mol. The third-order valence-corrected chi connectivity index (χ3v) is 4.17. The van der Waals surface area contributed by atoms with E-state index >= 15 is 0 Å². The van der Waals surface area contributed by atoms with Gasteiger partial charge >= 0.3 is 6.03 Å². The molecule has 4 rings (SSSR count). The van der Waals surface area contributed by atoms with Gasteiger partial charge in [0.15, 0.2) is 5.65 Å². The molecule has 0 aliphatic rings. The van der Waals surface area contributed by atoms with Crippen LogP contribution in [0.2, 0.25) is 0 Å². The van der Waals surface area contributed by atoms with E-state index in [4.69, 9.17) is 5.73 Å². The lowest BCUT2D eigenvalue weighted by Gasteiger charge is -2.10. The second-order valence-corrected chi connectivity index (χ2v) is 6.19. The zero-order valence-corrected chi connectivity index (χ0v) is 14.7. The predicted octanol–water partition coefficient (Wildman–Crippen LogP) is 3.93. The van der Waals surface area contributed by atoms with Crippen LogP contribution in [0.5, 0.6) is 0 Å². The lowest BCUT2D eigenvalue weighted by molar-refractivity contribution is 0.262. The van der Waals surface area contributed by atoms with Gasteiger partial charge in [-0.05, 0) is 54.4 Å². The van der Waals surface area contributed by atoms with Crippen LogP contribution in [0.1, 0.15) is 5.56 Å². The molecule has 0 aliphatic heterocycles. The minimum Gasteiger partial charge on any atom is -0.368 e. The Balaban J connectivity index is 1.52. The number of fused-ring (bicyclic) bond motifs is 1. The maximum atomic E-state index is 12.2. The van der Waals surface area contributed by atoms with Crippen LogP contribution < -0.4 is 16.4 Å². The molecule has 27 heavy (non-hydrogen) atoms. The number of carbonyl (C=O) groups is 1. The number of aromatic nitrogens is 3. The molecule has 134 valence electrons. The van der Waals surface area contributed by atoms with E-state index in [-0.39, 0.29) is 6.03 Å². The SMILES string of the molecule is Cc1cccc(NC(=O)Nc2ccc(-c3cccc4nnc(N)n34)cc2)c1. The van der Waals surface area contributed by atoms with Gasteiger partial charge in [0.2, 0.25) is 5.95 Å². The zero-order chi connectivity index (χ0) is 18.8. The number of hydrogen-bond donors (Lipinski definition) is 3. The molecule has 7 heteroatoms. The summed E-state index contributed by atoms with van der Waals surface area (Å²) >= 11 is 0. The number of nitrogens with two attached hydrogens (primary N) is 1. The third-order valence-electron chi connectivity index (χ3n) is 4.17. The van der Waals surface area contributed by atoms with Gasteiger partial charge in [-0.1, -0.05) is 30.3 Å². The molecule has 0 unspecified atom stereocenters. The molecule has 0 spiro atoms. The molecule has 0 atom stereocenters. The largest absolute Gasteiger partial charge is 0.368 e. The van der Waals surface area contributed by atoms with Crippen LogP contribution in [0.15, 0.2) is 66.7 Å². The summed E-state index contributed by atoms with van der Waals surface area (Å²) < 4.78 is 1.78. The van der Waals surface area contributed by atoms with E-state index in [1.165, 1.54) is 0 Å². The Bertz CT molecular complexity index is 1120. The van der Waals surface area contributed by atoms with Crippen molar-refractivity contribution in [2.45, 2.75) is 6.92 Å². The fourth-order valence-electron chi connectivity index (χ4n) is 2.93. The zero-order valence-electron chi connectivity index (χ0n) is 14.7. The van der Waals surface area contributed by atoms with Gasteiger partial charge in [0.25, 0.3) is 0 Å². The fraction of sp³-hybridized carbons (Fsp3) is 0.0500. The molecule has 0 bridgehead atoms. The maximum Gasteiger partial charge on any atom is 0.323 e. The van der Waals surface area contributed by atoms with Crippen molar-refractivity contribution in [2.24, 2.45) is 0 Å². The highest BCUT2D eigenvalue weighted by atomic mass is 16.2. The first-order valence-corrected chi connectivity index (χ1v) is 8.45. The molecule has 7 nitrogen and oxygen atoms in total. The molecule has 2 aromatic heterocycles. The van der Waals surface area contributed by atoms with Gasteiger partial charge < -0.3 is 16.4 Å². The molecule has 0 fully saturated rings. The van der Waals surface area contributed by atoms with E-state index in [1.807, 2.05) is 73.7 Å². The molecule has 4 N–H and O–H groups in total. The minimum atomic E-state index is -0.293. The summed E-state index contributed by atoms with van der Waals surface area (Å²) in [5.74, 6) is 0.334. The Morgan fingerprint density at radius 3 is 2.44 bits per heavy atom. The molecule has 0 radical (unpaired) electrons. The van der Waals surface area contributed by atoms with Gasteiger partial charge in [-0.25, -0.2) is 4.79 Å². The van der Waals surface area contributed by atoms with Gasteiger partial charge in [0.1, 0.15) is 0 Å². The summed E-state index contributed by atoms with van der Waals surface area (Å²) in [6.45, 7) is 1.98. The first-order valence-electron chi connectivity index (χ1n) is 8.45. The van der Waals surface area contributed by atoms with E-state index in [1.54, 1.807) is 4.40 Å². The maximum absolute atomic E-state index is 12.2. The Hall–Kier alpha value is -3.87. The van der Waals surface area contributed by atoms with E-state index in [0.717, 1.165) is 22.5 Å². The quantitative estimate of drug-likeness (QED) is 0.517.